The molecule has 5 rings (SSSR count). The zero-order valence-electron chi connectivity index (χ0n) is 21.9. The maximum atomic E-state index is 13.4. The van der Waals surface area contributed by atoms with Gasteiger partial charge in [0.05, 0.1) is 0 Å². The molecule has 0 aromatic heterocycles. The largest absolute Gasteiger partial charge is 0.298 e. The van der Waals surface area contributed by atoms with Crippen LogP contribution in [0.15, 0.2) is 110 Å². The minimum atomic E-state index is -0.197. The van der Waals surface area contributed by atoms with E-state index in [9.17, 15) is 9.59 Å². The summed E-state index contributed by atoms with van der Waals surface area (Å²) in [5, 5.41) is 0. The summed E-state index contributed by atoms with van der Waals surface area (Å²) < 4.78 is 0. The number of rotatable bonds is 6. The predicted molar refractivity (Wildman–Crippen MR) is 166 cm³/mol. The molecule has 0 amide bonds. The Bertz CT molecular complexity index is 1710. The van der Waals surface area contributed by atoms with Crippen molar-refractivity contribution in [2.75, 3.05) is 0 Å². The van der Waals surface area contributed by atoms with E-state index < -0.39 is 0 Å². The van der Waals surface area contributed by atoms with Crippen LogP contribution < -0.4 is 0 Å². The van der Waals surface area contributed by atoms with Crippen LogP contribution in [0.2, 0.25) is 0 Å². The average molecular weight is 505 g/mol. The van der Waals surface area contributed by atoms with Crippen molar-refractivity contribution in [2.45, 2.75) is 6.92 Å². The second kappa shape index (κ2) is 11.1. The molecule has 3 aromatic rings. The first kappa shape index (κ1) is 25.6. The molecule has 2 nitrogen and oxygen atoms in total. The van der Waals surface area contributed by atoms with Gasteiger partial charge in [0.15, 0.2) is 12.1 Å². The molecule has 2 aliphatic carbocycles. The molecule has 2 bridgehead atoms. The Balaban J connectivity index is 1.57. The number of fused-ring (bicyclic) bond motifs is 1. The van der Waals surface area contributed by atoms with E-state index in [-0.39, 0.29) is 5.78 Å². The fourth-order valence-corrected chi connectivity index (χ4v) is 4.95. The average Bonchev–Trinajstić information content (AvgIpc) is 3.08. The molecule has 0 unspecified atom stereocenters. The first-order valence-corrected chi connectivity index (χ1v) is 12.8. The summed E-state index contributed by atoms with van der Waals surface area (Å²) in [5.74, 6) is -0.197. The minimum absolute atomic E-state index is 0.197. The molecule has 0 N–H and O–H groups in total. The van der Waals surface area contributed by atoms with Gasteiger partial charge in [0.1, 0.15) is 0 Å². The van der Waals surface area contributed by atoms with Crippen molar-refractivity contribution in [3.8, 4) is 0 Å². The maximum Gasteiger partial charge on any atom is 0.189 e. The maximum absolute atomic E-state index is 13.4. The summed E-state index contributed by atoms with van der Waals surface area (Å²) in [7, 11) is 0. The van der Waals surface area contributed by atoms with Crippen LogP contribution in [-0.2, 0) is 0 Å². The van der Waals surface area contributed by atoms with Gasteiger partial charge in [-0.25, -0.2) is 0 Å². The predicted octanol–water partition coefficient (Wildman–Crippen LogP) is 9.15. The second-order valence-corrected chi connectivity index (χ2v) is 9.48. The van der Waals surface area contributed by atoms with Gasteiger partial charge in [-0.3, -0.25) is 9.59 Å². The highest BCUT2D eigenvalue weighted by Gasteiger charge is 2.16. The van der Waals surface area contributed by atoms with Crippen LogP contribution in [0.25, 0.3) is 41.5 Å². The van der Waals surface area contributed by atoms with Crippen molar-refractivity contribution < 1.29 is 9.59 Å². The van der Waals surface area contributed by atoms with Gasteiger partial charge in [-0.2, -0.15) is 0 Å². The molecular formula is C37H28O2. The Morgan fingerprint density at radius 1 is 0.744 bits per heavy atom. The van der Waals surface area contributed by atoms with Gasteiger partial charge in [0.2, 0.25) is 0 Å². The van der Waals surface area contributed by atoms with Crippen molar-refractivity contribution >= 4 is 53.6 Å². The Kier molecular flexibility index (Phi) is 7.29. The molecule has 0 spiro atoms. The summed E-state index contributed by atoms with van der Waals surface area (Å²) in [6, 6.07) is 18.0. The lowest BCUT2D eigenvalue weighted by molar-refractivity contribution is 0.102. The van der Waals surface area contributed by atoms with Gasteiger partial charge in [-0.1, -0.05) is 104 Å². The third-order valence-corrected chi connectivity index (χ3v) is 7.00. The van der Waals surface area contributed by atoms with Crippen molar-refractivity contribution in [3.05, 3.63) is 160 Å². The SMILES string of the molecule is C=Cc1cc(C=O)c(C(=O)/C(C)=C\c2ccc3c(c2)C=CC2=CC=CC=CC(=C3)c3ccccc32)cc1C=C. The number of hydrogen-bond donors (Lipinski definition) is 0. The molecule has 188 valence electrons. The third kappa shape index (κ3) is 5.18. The number of aldehydes is 1. The van der Waals surface area contributed by atoms with E-state index in [0.717, 1.165) is 39.0 Å². The van der Waals surface area contributed by atoms with Crippen LogP contribution in [0.4, 0.5) is 0 Å². The molecular weight excluding hydrogens is 476 g/mol. The summed E-state index contributed by atoms with van der Waals surface area (Å²) in [6.07, 6.45) is 22.8. The third-order valence-electron chi connectivity index (χ3n) is 7.00. The highest BCUT2D eigenvalue weighted by atomic mass is 16.1. The normalized spacial score (nSPS) is 13.8. The Labute approximate surface area is 229 Å². The van der Waals surface area contributed by atoms with Crippen LogP contribution in [0.1, 0.15) is 66.6 Å². The fraction of sp³-hybridized carbons (Fsp3) is 0.0270. The van der Waals surface area contributed by atoms with E-state index in [1.54, 1.807) is 31.2 Å². The minimum Gasteiger partial charge on any atom is -0.298 e. The van der Waals surface area contributed by atoms with Crippen LogP contribution in [0.5, 0.6) is 0 Å². The topological polar surface area (TPSA) is 34.1 Å². The molecule has 2 aliphatic rings. The van der Waals surface area contributed by atoms with Gasteiger partial charge < -0.3 is 0 Å². The van der Waals surface area contributed by atoms with Gasteiger partial charge in [0, 0.05) is 11.1 Å². The first-order chi connectivity index (χ1) is 19.0. The van der Waals surface area contributed by atoms with Gasteiger partial charge >= 0.3 is 0 Å². The quantitative estimate of drug-likeness (QED) is 0.190. The van der Waals surface area contributed by atoms with Gasteiger partial charge in [-0.05, 0) is 92.9 Å². The van der Waals surface area contributed by atoms with E-state index >= 15 is 0 Å². The molecule has 0 atom stereocenters. The van der Waals surface area contributed by atoms with Gasteiger partial charge in [0.25, 0.3) is 0 Å². The highest BCUT2D eigenvalue weighted by molar-refractivity contribution is 6.15. The number of carbonyl (C=O) groups excluding carboxylic acids is 2. The molecule has 0 aliphatic heterocycles. The molecule has 2 heteroatoms. The lowest BCUT2D eigenvalue weighted by Crippen LogP contribution is -2.06. The Morgan fingerprint density at radius 3 is 2.23 bits per heavy atom. The number of ketones is 1. The van der Waals surface area contributed by atoms with Crippen LogP contribution in [0.3, 0.4) is 0 Å². The first-order valence-electron chi connectivity index (χ1n) is 12.8. The monoisotopic (exact) mass is 504 g/mol. The van der Waals surface area contributed by atoms with Crippen LogP contribution >= 0.6 is 0 Å². The van der Waals surface area contributed by atoms with E-state index in [2.05, 4.69) is 92.1 Å². The number of hydrogen-bond acceptors (Lipinski definition) is 2. The Morgan fingerprint density at radius 2 is 1.49 bits per heavy atom. The Hall–Kier alpha value is -5.08. The van der Waals surface area contributed by atoms with E-state index in [0.29, 0.717) is 23.0 Å². The lowest BCUT2D eigenvalue weighted by atomic mass is 9.92. The smallest absolute Gasteiger partial charge is 0.189 e. The fourth-order valence-electron chi connectivity index (χ4n) is 4.95. The van der Waals surface area contributed by atoms with Crippen LogP contribution in [0, 0.1) is 0 Å². The summed E-state index contributed by atoms with van der Waals surface area (Å²) in [6.45, 7) is 9.40. The van der Waals surface area contributed by atoms with Crippen molar-refractivity contribution in [2.24, 2.45) is 0 Å². The van der Waals surface area contributed by atoms with Crippen molar-refractivity contribution in [3.63, 3.8) is 0 Å². The molecule has 39 heavy (non-hydrogen) atoms. The standard InChI is InChI=1S/C37H28O2/c1-4-27-21-33(24-38)36(23-28(27)5-2)37(39)25(3)19-26-15-16-31-22-32-12-8-6-7-11-29(17-18-30(31)20-26)34-13-9-10-14-35(32)34/h4-24H,1-2H2,3H3/b7-6?,8-6?,11-7?,12-8?,18-17?,25-19-,29-11?,29-17?,30-18?,31-22?,32-12?,32-22?. The number of allylic oxidation sites excluding steroid dienone is 9. The van der Waals surface area contributed by atoms with Crippen LogP contribution in [-0.4, -0.2) is 12.1 Å². The molecule has 0 radical (unpaired) electrons. The van der Waals surface area contributed by atoms with E-state index in [4.69, 9.17) is 0 Å². The summed E-state index contributed by atoms with van der Waals surface area (Å²) in [5.41, 5.74) is 10.4. The van der Waals surface area contributed by atoms with Gasteiger partial charge in [-0.15, -0.1) is 0 Å². The number of benzene rings is 3. The second-order valence-electron chi connectivity index (χ2n) is 9.48. The molecule has 0 saturated heterocycles. The summed E-state index contributed by atoms with van der Waals surface area (Å²) in [4.78, 5) is 25.2. The lowest BCUT2D eigenvalue weighted by Gasteiger charge is -2.11. The molecule has 0 fully saturated rings. The van der Waals surface area contributed by atoms with E-state index in [1.165, 1.54) is 11.1 Å². The van der Waals surface area contributed by atoms with Crippen molar-refractivity contribution in [1.82, 2.24) is 0 Å². The zero-order valence-corrected chi connectivity index (χ0v) is 21.9. The molecule has 0 saturated carbocycles. The number of Topliss-reactive ketones (excluding diaryl/α,β-unsaturated/α-hetero) is 1. The van der Waals surface area contributed by atoms with E-state index in [1.807, 2.05) is 18.2 Å². The number of carbonyl (C=O) groups is 2. The highest BCUT2D eigenvalue weighted by Crippen LogP contribution is 2.33. The zero-order chi connectivity index (χ0) is 27.4. The molecule has 0 heterocycles. The van der Waals surface area contributed by atoms with Crippen molar-refractivity contribution in [1.29, 1.82) is 0 Å². The summed E-state index contributed by atoms with van der Waals surface area (Å²) >= 11 is 0. The molecule has 3 aromatic carbocycles.